The number of aliphatic hydroxyl groups excluding tert-OH is 1. The van der Waals surface area contributed by atoms with Gasteiger partial charge in [0.1, 0.15) is 5.69 Å². The van der Waals surface area contributed by atoms with E-state index in [0.29, 0.717) is 18.0 Å². The molecule has 1 unspecified atom stereocenters. The fourth-order valence-electron chi connectivity index (χ4n) is 5.93. The smallest absolute Gasteiger partial charge is 0.224 e. The molecule has 3 aromatic rings. The van der Waals surface area contributed by atoms with Gasteiger partial charge >= 0.3 is 0 Å². The molecular weight excluding hydrogens is 474 g/mol. The molecule has 38 heavy (non-hydrogen) atoms. The number of aliphatic hydroxyl groups is 1. The highest BCUT2D eigenvalue weighted by Gasteiger charge is 2.26. The van der Waals surface area contributed by atoms with Gasteiger partial charge in [-0.15, -0.1) is 0 Å². The Morgan fingerprint density at radius 2 is 1.66 bits per heavy atom. The van der Waals surface area contributed by atoms with E-state index < -0.39 is 0 Å². The maximum absolute atomic E-state index is 10.1. The van der Waals surface area contributed by atoms with Crippen molar-refractivity contribution in [1.29, 1.82) is 0 Å². The number of benzene rings is 1. The van der Waals surface area contributed by atoms with Crippen molar-refractivity contribution in [3.63, 3.8) is 0 Å². The molecule has 8 nitrogen and oxygen atoms in total. The number of nitrogens with one attached hydrogen (secondary N) is 1. The van der Waals surface area contributed by atoms with Crippen LogP contribution in [0.3, 0.4) is 0 Å². The first-order chi connectivity index (χ1) is 18.4. The van der Waals surface area contributed by atoms with Crippen LogP contribution in [0.25, 0.3) is 22.3 Å². The lowest BCUT2D eigenvalue weighted by atomic mass is 9.93. The average Bonchev–Trinajstić information content (AvgIpc) is 3.32. The lowest BCUT2D eigenvalue weighted by molar-refractivity contribution is 0.0834. The maximum Gasteiger partial charge on any atom is 0.224 e. The second-order valence-corrected chi connectivity index (χ2v) is 11.4. The molecule has 1 aliphatic carbocycles. The van der Waals surface area contributed by atoms with Gasteiger partial charge in [-0.25, -0.2) is 9.67 Å². The highest BCUT2D eigenvalue weighted by Crippen LogP contribution is 2.35. The van der Waals surface area contributed by atoms with E-state index in [4.69, 9.17) is 10.1 Å². The SMILES string of the molecule is CCCCNc1ncc2c(-c3ccc(C(C)N4CCN(C(C)C)CC4)cc3)nn([C@H]3CC[C@H](O)CC3)c2n1. The number of hydrogen-bond donors (Lipinski definition) is 2. The summed E-state index contributed by atoms with van der Waals surface area (Å²) in [5.41, 5.74) is 4.27. The predicted octanol–water partition coefficient (Wildman–Crippen LogP) is 5.27. The quantitative estimate of drug-likeness (QED) is 0.373. The van der Waals surface area contributed by atoms with Gasteiger partial charge in [-0.3, -0.25) is 9.80 Å². The summed E-state index contributed by atoms with van der Waals surface area (Å²) in [5.74, 6) is 0.663. The zero-order chi connectivity index (χ0) is 26.6. The monoisotopic (exact) mass is 519 g/mol. The maximum atomic E-state index is 10.1. The van der Waals surface area contributed by atoms with Gasteiger partial charge in [-0.2, -0.15) is 10.1 Å². The lowest BCUT2D eigenvalue weighted by Gasteiger charge is -2.40. The van der Waals surface area contributed by atoms with E-state index >= 15 is 0 Å². The highest BCUT2D eigenvalue weighted by atomic mass is 16.3. The Morgan fingerprint density at radius 1 is 0.974 bits per heavy atom. The molecule has 1 aliphatic heterocycles. The Morgan fingerprint density at radius 3 is 2.32 bits per heavy atom. The third kappa shape index (κ3) is 5.87. The number of unbranched alkanes of at least 4 members (excludes halogenated alkanes) is 1. The number of nitrogens with zero attached hydrogens (tertiary/aromatic N) is 6. The van der Waals surface area contributed by atoms with Crippen molar-refractivity contribution in [1.82, 2.24) is 29.5 Å². The van der Waals surface area contributed by atoms with E-state index in [1.807, 2.05) is 6.20 Å². The second-order valence-electron chi connectivity index (χ2n) is 11.4. The molecule has 0 amide bonds. The van der Waals surface area contributed by atoms with Crippen LogP contribution in [0.15, 0.2) is 30.5 Å². The van der Waals surface area contributed by atoms with Gasteiger partial charge in [0.2, 0.25) is 5.95 Å². The molecule has 1 saturated heterocycles. The van der Waals surface area contributed by atoms with Gasteiger partial charge in [0.15, 0.2) is 5.65 Å². The molecule has 206 valence electrons. The molecule has 2 N–H and O–H groups in total. The molecule has 8 heteroatoms. The van der Waals surface area contributed by atoms with Gasteiger partial charge < -0.3 is 10.4 Å². The third-order valence-corrected chi connectivity index (χ3v) is 8.57. The van der Waals surface area contributed by atoms with Gasteiger partial charge in [0, 0.05) is 56.6 Å². The molecule has 1 saturated carbocycles. The molecule has 5 rings (SSSR count). The van der Waals surface area contributed by atoms with Crippen LogP contribution in [0, 0.1) is 0 Å². The van der Waals surface area contributed by atoms with Crippen LogP contribution in [0.1, 0.15) is 83.9 Å². The summed E-state index contributed by atoms with van der Waals surface area (Å²) in [7, 11) is 0. The molecule has 0 spiro atoms. The predicted molar refractivity (Wildman–Crippen MR) is 154 cm³/mol. The molecular formula is C30H45N7O. The molecule has 1 aromatic carbocycles. The number of aromatic nitrogens is 4. The average molecular weight is 520 g/mol. The Labute approximate surface area is 227 Å². The van der Waals surface area contributed by atoms with Crippen molar-refractivity contribution < 1.29 is 5.11 Å². The Hall–Kier alpha value is -2.55. The van der Waals surface area contributed by atoms with Crippen LogP contribution in [-0.2, 0) is 0 Å². The zero-order valence-corrected chi connectivity index (χ0v) is 23.6. The minimum Gasteiger partial charge on any atom is -0.393 e. The summed E-state index contributed by atoms with van der Waals surface area (Å²) in [6.45, 7) is 14.4. The second kappa shape index (κ2) is 12.1. The number of rotatable bonds is 9. The van der Waals surface area contributed by atoms with Crippen molar-refractivity contribution in [3.8, 4) is 11.3 Å². The van der Waals surface area contributed by atoms with Crippen molar-refractivity contribution in [2.45, 2.75) is 90.4 Å². The molecule has 1 atom stereocenters. The van der Waals surface area contributed by atoms with E-state index in [0.717, 1.165) is 93.5 Å². The Bertz CT molecular complexity index is 1180. The van der Waals surface area contributed by atoms with Gasteiger partial charge in [-0.1, -0.05) is 37.6 Å². The number of piperazine rings is 1. The van der Waals surface area contributed by atoms with Crippen molar-refractivity contribution in [2.24, 2.45) is 0 Å². The van der Waals surface area contributed by atoms with Crippen LogP contribution in [0.4, 0.5) is 5.95 Å². The minimum atomic E-state index is -0.198. The van der Waals surface area contributed by atoms with Gasteiger partial charge in [0.25, 0.3) is 0 Å². The van der Waals surface area contributed by atoms with Crippen LogP contribution >= 0.6 is 0 Å². The summed E-state index contributed by atoms with van der Waals surface area (Å²) in [6.07, 6.45) is 7.41. The van der Waals surface area contributed by atoms with Gasteiger partial charge in [0.05, 0.1) is 17.5 Å². The van der Waals surface area contributed by atoms with E-state index in [1.165, 1.54) is 5.56 Å². The van der Waals surface area contributed by atoms with Crippen LogP contribution < -0.4 is 5.32 Å². The lowest BCUT2D eigenvalue weighted by Crippen LogP contribution is -2.49. The Balaban J connectivity index is 1.39. The first kappa shape index (κ1) is 27.0. The topological polar surface area (TPSA) is 82.3 Å². The molecule has 2 aromatic heterocycles. The zero-order valence-electron chi connectivity index (χ0n) is 23.6. The molecule has 3 heterocycles. The number of anilines is 1. The number of hydrogen-bond acceptors (Lipinski definition) is 7. The summed E-state index contributed by atoms with van der Waals surface area (Å²) in [6, 6.07) is 10.2. The van der Waals surface area contributed by atoms with Crippen LogP contribution in [0.5, 0.6) is 0 Å². The van der Waals surface area contributed by atoms with E-state index in [-0.39, 0.29) is 12.1 Å². The minimum absolute atomic E-state index is 0.198. The van der Waals surface area contributed by atoms with Crippen molar-refractivity contribution in [2.75, 3.05) is 38.0 Å². The molecule has 0 bridgehead atoms. The molecule has 2 fully saturated rings. The fourth-order valence-corrected chi connectivity index (χ4v) is 5.93. The molecule has 2 aliphatic rings. The van der Waals surface area contributed by atoms with Crippen LogP contribution in [0.2, 0.25) is 0 Å². The Kier molecular flexibility index (Phi) is 8.61. The van der Waals surface area contributed by atoms with E-state index in [1.54, 1.807) is 0 Å². The summed E-state index contributed by atoms with van der Waals surface area (Å²) in [4.78, 5) is 14.7. The third-order valence-electron chi connectivity index (χ3n) is 8.57. The first-order valence-corrected chi connectivity index (χ1v) is 14.7. The largest absolute Gasteiger partial charge is 0.393 e. The summed E-state index contributed by atoms with van der Waals surface area (Å²) < 4.78 is 2.11. The number of fused-ring (bicyclic) bond motifs is 1. The fraction of sp³-hybridized carbons (Fsp3) is 0.633. The van der Waals surface area contributed by atoms with Crippen molar-refractivity contribution >= 4 is 17.0 Å². The summed E-state index contributed by atoms with van der Waals surface area (Å²) in [5, 5.41) is 19.6. The van der Waals surface area contributed by atoms with Crippen molar-refractivity contribution in [3.05, 3.63) is 36.0 Å². The first-order valence-electron chi connectivity index (χ1n) is 14.7. The highest BCUT2D eigenvalue weighted by molar-refractivity contribution is 5.91. The molecule has 0 radical (unpaired) electrons. The standard InChI is InChI=1S/C30H45N7O/c1-5-6-15-31-30-32-20-27-28(34-37(29(27)33-30)25-11-13-26(38)14-12-25)24-9-7-23(8-10-24)22(4)36-18-16-35(17-19-36)21(2)3/h7-10,20-22,25-26,38H,5-6,11-19H2,1-4H3,(H,31,32,33)/t22?,25-,26-. The van der Waals surface area contributed by atoms with Crippen LogP contribution in [-0.4, -0.2) is 79.5 Å². The van der Waals surface area contributed by atoms with E-state index in [2.05, 4.69) is 76.7 Å². The summed E-state index contributed by atoms with van der Waals surface area (Å²) >= 11 is 0. The normalized spacial score (nSPS) is 22.3. The van der Waals surface area contributed by atoms with E-state index in [9.17, 15) is 5.11 Å². The van der Waals surface area contributed by atoms with Gasteiger partial charge in [-0.05, 0) is 58.4 Å².